The zero-order valence-electron chi connectivity index (χ0n) is 19.9. The zero-order chi connectivity index (χ0) is 22.6. The molecule has 180 valence electrons. The minimum absolute atomic E-state index is 0.0491. The van der Waals surface area contributed by atoms with E-state index in [1.165, 1.54) is 25.7 Å². The third kappa shape index (κ3) is 4.85. The number of rotatable bonds is 8. The van der Waals surface area contributed by atoms with Crippen molar-refractivity contribution in [2.24, 2.45) is 0 Å². The number of benzene rings is 1. The highest BCUT2D eigenvalue weighted by Gasteiger charge is 2.34. The molecule has 9 heteroatoms. The van der Waals surface area contributed by atoms with Crippen LogP contribution in [0.1, 0.15) is 56.0 Å². The van der Waals surface area contributed by atoms with Gasteiger partial charge in [0.1, 0.15) is 0 Å². The molecule has 0 spiro atoms. The van der Waals surface area contributed by atoms with E-state index in [-0.39, 0.29) is 12.1 Å². The van der Waals surface area contributed by atoms with Gasteiger partial charge in [0.15, 0.2) is 17.3 Å². The van der Waals surface area contributed by atoms with Crippen LogP contribution in [0.2, 0.25) is 0 Å². The molecule has 0 N–H and O–H groups in total. The molecular formula is C24H36N6O3. The minimum Gasteiger partial charge on any atom is -0.493 e. The van der Waals surface area contributed by atoms with E-state index >= 15 is 0 Å². The van der Waals surface area contributed by atoms with Crippen LogP contribution in [0.3, 0.4) is 0 Å². The quantitative estimate of drug-likeness (QED) is 0.600. The van der Waals surface area contributed by atoms with E-state index in [1.807, 2.05) is 10.7 Å². The van der Waals surface area contributed by atoms with Crippen LogP contribution in [-0.4, -0.2) is 89.2 Å². The van der Waals surface area contributed by atoms with E-state index < -0.39 is 0 Å². The van der Waals surface area contributed by atoms with E-state index in [0.717, 1.165) is 74.6 Å². The Morgan fingerprint density at radius 2 is 1.79 bits per heavy atom. The molecular weight excluding hydrogens is 420 g/mol. The van der Waals surface area contributed by atoms with Gasteiger partial charge in [-0.05, 0) is 53.8 Å². The molecule has 2 saturated heterocycles. The first-order valence-corrected chi connectivity index (χ1v) is 12.3. The molecule has 0 unspecified atom stereocenters. The predicted octanol–water partition coefficient (Wildman–Crippen LogP) is 2.52. The summed E-state index contributed by atoms with van der Waals surface area (Å²) in [5, 5.41) is 13.0. The minimum atomic E-state index is -0.0491. The monoisotopic (exact) mass is 456 g/mol. The first-order valence-electron chi connectivity index (χ1n) is 12.3. The average molecular weight is 457 g/mol. The third-order valence-corrected chi connectivity index (χ3v) is 7.48. The van der Waals surface area contributed by atoms with Crippen LogP contribution in [-0.2, 0) is 11.3 Å². The Balaban J connectivity index is 1.43. The molecule has 3 heterocycles. The van der Waals surface area contributed by atoms with Crippen molar-refractivity contribution in [2.45, 2.75) is 63.3 Å². The fourth-order valence-electron chi connectivity index (χ4n) is 5.69. The van der Waals surface area contributed by atoms with Crippen molar-refractivity contribution in [2.75, 3.05) is 47.0 Å². The molecule has 0 radical (unpaired) electrons. The van der Waals surface area contributed by atoms with Gasteiger partial charge in [-0.1, -0.05) is 18.9 Å². The van der Waals surface area contributed by atoms with Crippen LogP contribution in [0.15, 0.2) is 18.2 Å². The van der Waals surface area contributed by atoms with E-state index in [9.17, 15) is 0 Å². The van der Waals surface area contributed by atoms with E-state index in [0.29, 0.717) is 6.54 Å². The lowest BCUT2D eigenvalue weighted by molar-refractivity contribution is 0.0719. The summed E-state index contributed by atoms with van der Waals surface area (Å²) in [6.45, 7) is 5.66. The summed E-state index contributed by atoms with van der Waals surface area (Å²) in [6, 6.07) is 6.87. The lowest BCUT2D eigenvalue weighted by Gasteiger charge is -2.41. The lowest BCUT2D eigenvalue weighted by Crippen LogP contribution is -2.51. The molecule has 0 amide bonds. The molecule has 9 nitrogen and oxygen atoms in total. The highest BCUT2D eigenvalue weighted by atomic mass is 16.5. The molecule has 2 aromatic rings. The largest absolute Gasteiger partial charge is 0.493 e. The molecule has 3 fully saturated rings. The number of methoxy groups -OCH3 is 2. The van der Waals surface area contributed by atoms with Crippen LogP contribution in [0.25, 0.3) is 0 Å². The second-order valence-corrected chi connectivity index (χ2v) is 9.38. The van der Waals surface area contributed by atoms with Crippen LogP contribution >= 0.6 is 0 Å². The highest BCUT2D eigenvalue weighted by molar-refractivity contribution is 5.45. The number of tetrazole rings is 1. The van der Waals surface area contributed by atoms with Gasteiger partial charge in [0, 0.05) is 38.8 Å². The summed E-state index contributed by atoms with van der Waals surface area (Å²) in [4.78, 5) is 5.20. The van der Waals surface area contributed by atoms with Gasteiger partial charge < -0.3 is 14.2 Å². The Morgan fingerprint density at radius 1 is 1.00 bits per heavy atom. The molecule has 5 rings (SSSR count). The molecule has 1 aromatic heterocycles. The highest BCUT2D eigenvalue weighted by Crippen LogP contribution is 2.36. The zero-order valence-corrected chi connectivity index (χ0v) is 19.9. The fraction of sp³-hybridized carbons (Fsp3) is 0.708. The Bertz CT molecular complexity index is 901. The predicted molar refractivity (Wildman–Crippen MR) is 124 cm³/mol. The molecule has 1 aliphatic carbocycles. The third-order valence-electron chi connectivity index (χ3n) is 7.48. The number of hydrogen-bond donors (Lipinski definition) is 0. The Kier molecular flexibility index (Phi) is 7.08. The van der Waals surface area contributed by atoms with Gasteiger partial charge in [0.05, 0.1) is 32.9 Å². The Labute approximate surface area is 196 Å². The van der Waals surface area contributed by atoms with Crippen LogP contribution in [0, 0.1) is 0 Å². The summed E-state index contributed by atoms with van der Waals surface area (Å²) in [5.41, 5.74) is 1.12. The maximum atomic E-state index is 5.88. The number of piperazine rings is 1. The number of ether oxygens (including phenoxy) is 3. The lowest BCUT2D eigenvalue weighted by atomic mass is 10.0. The van der Waals surface area contributed by atoms with Crippen molar-refractivity contribution in [1.82, 2.24) is 30.0 Å². The van der Waals surface area contributed by atoms with Gasteiger partial charge in [-0.25, -0.2) is 4.68 Å². The van der Waals surface area contributed by atoms with Crippen LogP contribution in [0.5, 0.6) is 11.5 Å². The number of nitrogens with zero attached hydrogens (tertiary/aromatic N) is 6. The molecule has 2 aliphatic heterocycles. The maximum Gasteiger partial charge on any atom is 0.173 e. The van der Waals surface area contributed by atoms with Gasteiger partial charge in [0.2, 0.25) is 0 Å². The van der Waals surface area contributed by atoms with E-state index in [4.69, 9.17) is 14.2 Å². The second kappa shape index (κ2) is 10.4. The first kappa shape index (κ1) is 22.6. The fourth-order valence-corrected chi connectivity index (χ4v) is 5.69. The second-order valence-electron chi connectivity index (χ2n) is 9.38. The summed E-state index contributed by atoms with van der Waals surface area (Å²) < 4.78 is 18.9. The SMILES string of the molecule is COc1ccc([C@@H](c2nnnn2C[C@@H]2CCCO2)N2CCN(C3CCCC3)CC2)cc1OC. The number of hydrogen-bond acceptors (Lipinski definition) is 8. The Morgan fingerprint density at radius 3 is 2.48 bits per heavy atom. The van der Waals surface area contributed by atoms with Crippen LogP contribution in [0.4, 0.5) is 0 Å². The van der Waals surface area contributed by atoms with Gasteiger partial charge in [-0.15, -0.1) is 5.10 Å². The van der Waals surface area contributed by atoms with Gasteiger partial charge in [-0.2, -0.15) is 0 Å². The van der Waals surface area contributed by atoms with Crippen molar-refractivity contribution in [3.05, 3.63) is 29.6 Å². The van der Waals surface area contributed by atoms with Crippen molar-refractivity contribution in [1.29, 1.82) is 0 Å². The van der Waals surface area contributed by atoms with Gasteiger partial charge in [0.25, 0.3) is 0 Å². The molecule has 2 atom stereocenters. The van der Waals surface area contributed by atoms with E-state index in [2.05, 4.69) is 37.5 Å². The summed E-state index contributed by atoms with van der Waals surface area (Å²) in [7, 11) is 3.35. The van der Waals surface area contributed by atoms with Gasteiger partial charge >= 0.3 is 0 Å². The Hall–Kier alpha value is -2.23. The standard InChI is InChI=1S/C24H36N6O3/c1-31-21-10-9-18(16-22(21)32-2)23(24-25-26-27-30(24)17-20-8-5-15-33-20)29-13-11-28(12-14-29)19-6-3-4-7-19/h9-10,16,19-20,23H,3-8,11-15,17H2,1-2H3/t20-,23-/m0/s1. The average Bonchev–Trinajstić information content (AvgIpc) is 3.64. The molecule has 1 aromatic carbocycles. The van der Waals surface area contributed by atoms with Crippen molar-refractivity contribution >= 4 is 0 Å². The molecule has 3 aliphatic rings. The van der Waals surface area contributed by atoms with Crippen molar-refractivity contribution < 1.29 is 14.2 Å². The molecule has 0 bridgehead atoms. The molecule has 33 heavy (non-hydrogen) atoms. The summed E-state index contributed by atoms with van der Waals surface area (Å²) >= 11 is 0. The van der Waals surface area contributed by atoms with Crippen molar-refractivity contribution in [3.8, 4) is 11.5 Å². The summed E-state index contributed by atoms with van der Waals surface area (Å²) in [5.74, 6) is 2.32. The topological polar surface area (TPSA) is 77.8 Å². The van der Waals surface area contributed by atoms with Gasteiger partial charge in [-0.3, -0.25) is 9.80 Å². The maximum absolute atomic E-state index is 5.88. The van der Waals surface area contributed by atoms with E-state index in [1.54, 1.807) is 14.2 Å². The van der Waals surface area contributed by atoms with Crippen LogP contribution < -0.4 is 9.47 Å². The number of aromatic nitrogens is 4. The van der Waals surface area contributed by atoms with Crippen molar-refractivity contribution in [3.63, 3.8) is 0 Å². The first-order chi connectivity index (χ1) is 16.3. The molecule has 1 saturated carbocycles. The summed E-state index contributed by atoms with van der Waals surface area (Å²) in [6.07, 6.45) is 7.77. The smallest absolute Gasteiger partial charge is 0.173 e. The normalized spacial score (nSPS) is 23.8.